The number of anilines is 3. The molecule has 1 aliphatic heterocycles. The Balaban J connectivity index is 1.71. The SMILES string of the molecule is C[C@@H]1CCCCN1c1cc(C2(O)CCCCC2)nc(Nc2ccn[nH]2)n1. The Hall–Kier alpha value is -2.15. The van der Waals surface area contributed by atoms with Crippen molar-refractivity contribution in [2.75, 3.05) is 16.8 Å². The second kappa shape index (κ2) is 7.23. The van der Waals surface area contributed by atoms with E-state index in [-0.39, 0.29) is 0 Å². The first kappa shape index (κ1) is 17.3. The maximum absolute atomic E-state index is 11.2. The Morgan fingerprint density at radius 3 is 2.77 bits per heavy atom. The molecule has 7 nitrogen and oxygen atoms in total. The van der Waals surface area contributed by atoms with Crippen LogP contribution in [-0.2, 0) is 5.60 Å². The van der Waals surface area contributed by atoms with Gasteiger partial charge in [-0.05, 0) is 39.0 Å². The van der Waals surface area contributed by atoms with Crippen LogP contribution in [0.4, 0.5) is 17.6 Å². The molecule has 26 heavy (non-hydrogen) atoms. The van der Waals surface area contributed by atoms with E-state index in [4.69, 9.17) is 4.98 Å². The predicted molar refractivity (Wildman–Crippen MR) is 102 cm³/mol. The zero-order valence-electron chi connectivity index (χ0n) is 15.4. The van der Waals surface area contributed by atoms with Gasteiger partial charge in [0.25, 0.3) is 0 Å². The molecule has 1 saturated heterocycles. The highest BCUT2D eigenvalue weighted by Crippen LogP contribution is 2.38. The van der Waals surface area contributed by atoms with Gasteiger partial charge >= 0.3 is 0 Å². The molecule has 0 radical (unpaired) electrons. The van der Waals surface area contributed by atoms with Gasteiger partial charge in [-0.25, -0.2) is 4.98 Å². The van der Waals surface area contributed by atoms with E-state index in [0.717, 1.165) is 49.6 Å². The number of rotatable bonds is 4. The summed E-state index contributed by atoms with van der Waals surface area (Å²) in [5.74, 6) is 2.16. The molecule has 2 aromatic heterocycles. The maximum atomic E-state index is 11.2. The number of hydrogen-bond acceptors (Lipinski definition) is 6. The highest BCUT2D eigenvalue weighted by Gasteiger charge is 2.34. The number of hydrogen-bond donors (Lipinski definition) is 3. The quantitative estimate of drug-likeness (QED) is 0.777. The van der Waals surface area contributed by atoms with Crippen LogP contribution in [0.2, 0.25) is 0 Å². The van der Waals surface area contributed by atoms with E-state index in [9.17, 15) is 5.11 Å². The molecule has 4 rings (SSSR count). The van der Waals surface area contributed by atoms with E-state index in [2.05, 4.69) is 32.3 Å². The average Bonchev–Trinajstić information content (AvgIpc) is 3.15. The number of piperidine rings is 1. The van der Waals surface area contributed by atoms with Crippen LogP contribution in [0.3, 0.4) is 0 Å². The van der Waals surface area contributed by atoms with Gasteiger partial charge in [0.1, 0.15) is 17.2 Å². The second-order valence-electron chi connectivity index (χ2n) is 7.66. The molecule has 3 N–H and O–H groups in total. The van der Waals surface area contributed by atoms with Gasteiger partial charge in [-0.2, -0.15) is 10.1 Å². The fourth-order valence-electron chi connectivity index (χ4n) is 4.15. The van der Waals surface area contributed by atoms with E-state index >= 15 is 0 Å². The van der Waals surface area contributed by atoms with Crippen molar-refractivity contribution in [2.45, 2.75) is 69.9 Å². The van der Waals surface area contributed by atoms with Gasteiger partial charge in [-0.15, -0.1) is 0 Å². The Bertz CT molecular complexity index is 726. The molecular formula is C19H28N6O. The predicted octanol–water partition coefficient (Wildman–Crippen LogP) is 3.47. The minimum atomic E-state index is -0.848. The van der Waals surface area contributed by atoms with Crippen molar-refractivity contribution in [2.24, 2.45) is 0 Å². The zero-order valence-corrected chi connectivity index (χ0v) is 15.4. The van der Waals surface area contributed by atoms with Crippen LogP contribution in [0, 0.1) is 0 Å². The van der Waals surface area contributed by atoms with Gasteiger partial charge in [0.05, 0.1) is 11.9 Å². The van der Waals surface area contributed by atoms with E-state index in [1.54, 1.807) is 6.20 Å². The fraction of sp³-hybridized carbons (Fsp3) is 0.632. The topological polar surface area (TPSA) is 90.0 Å². The number of aromatic amines is 1. The smallest absolute Gasteiger partial charge is 0.230 e. The molecule has 1 aliphatic carbocycles. The van der Waals surface area contributed by atoms with Crippen LogP contribution < -0.4 is 10.2 Å². The van der Waals surface area contributed by atoms with Crippen molar-refractivity contribution in [3.8, 4) is 0 Å². The lowest BCUT2D eigenvalue weighted by Crippen LogP contribution is -2.39. The molecular weight excluding hydrogens is 328 g/mol. The van der Waals surface area contributed by atoms with Crippen molar-refractivity contribution in [1.29, 1.82) is 0 Å². The summed E-state index contributed by atoms with van der Waals surface area (Å²) in [6.07, 6.45) is 10.1. The maximum Gasteiger partial charge on any atom is 0.230 e. The average molecular weight is 356 g/mol. The molecule has 3 heterocycles. The first-order valence-corrected chi connectivity index (χ1v) is 9.79. The molecule has 1 atom stereocenters. The van der Waals surface area contributed by atoms with Crippen molar-refractivity contribution >= 4 is 17.6 Å². The molecule has 0 bridgehead atoms. The van der Waals surface area contributed by atoms with Crippen LogP contribution in [-0.4, -0.2) is 37.9 Å². The van der Waals surface area contributed by atoms with Crippen molar-refractivity contribution in [3.63, 3.8) is 0 Å². The van der Waals surface area contributed by atoms with Gasteiger partial charge in [-0.1, -0.05) is 19.3 Å². The lowest BCUT2D eigenvalue weighted by molar-refractivity contribution is -0.00459. The Morgan fingerprint density at radius 2 is 2.04 bits per heavy atom. The van der Waals surface area contributed by atoms with Crippen LogP contribution in [0.15, 0.2) is 18.3 Å². The molecule has 2 aromatic rings. The van der Waals surface area contributed by atoms with E-state index < -0.39 is 5.60 Å². The van der Waals surface area contributed by atoms with Crippen molar-refractivity contribution in [3.05, 3.63) is 24.0 Å². The zero-order chi connectivity index (χ0) is 18.0. The second-order valence-corrected chi connectivity index (χ2v) is 7.66. The van der Waals surface area contributed by atoms with E-state index in [0.29, 0.717) is 12.0 Å². The summed E-state index contributed by atoms with van der Waals surface area (Å²) in [5.41, 5.74) is -0.110. The normalized spacial score (nSPS) is 23.0. The van der Waals surface area contributed by atoms with Crippen LogP contribution in [0.1, 0.15) is 64.0 Å². The molecule has 0 spiro atoms. The summed E-state index contributed by atoms with van der Waals surface area (Å²) in [6, 6.07) is 4.30. The largest absolute Gasteiger partial charge is 0.384 e. The summed E-state index contributed by atoms with van der Waals surface area (Å²) in [4.78, 5) is 11.8. The van der Waals surface area contributed by atoms with Gasteiger partial charge in [0, 0.05) is 24.7 Å². The van der Waals surface area contributed by atoms with Gasteiger partial charge in [0.2, 0.25) is 5.95 Å². The first-order chi connectivity index (χ1) is 12.6. The summed E-state index contributed by atoms with van der Waals surface area (Å²) in [6.45, 7) is 3.25. The van der Waals surface area contributed by atoms with E-state index in [1.165, 1.54) is 25.7 Å². The molecule has 140 valence electrons. The minimum absolute atomic E-state index is 0.451. The van der Waals surface area contributed by atoms with Gasteiger partial charge in [-0.3, -0.25) is 5.10 Å². The Labute approximate surface area is 154 Å². The molecule has 2 fully saturated rings. The van der Waals surface area contributed by atoms with Gasteiger partial charge < -0.3 is 15.3 Å². The monoisotopic (exact) mass is 356 g/mol. The molecule has 7 heteroatoms. The third-order valence-electron chi connectivity index (χ3n) is 5.71. The third-order valence-corrected chi connectivity index (χ3v) is 5.71. The summed E-state index contributed by atoms with van der Waals surface area (Å²) in [7, 11) is 0. The number of H-pyrrole nitrogens is 1. The highest BCUT2D eigenvalue weighted by molar-refractivity contribution is 5.53. The molecule has 0 aromatic carbocycles. The van der Waals surface area contributed by atoms with Crippen LogP contribution in [0.5, 0.6) is 0 Å². The lowest BCUT2D eigenvalue weighted by Gasteiger charge is -2.36. The standard InChI is InChI=1S/C19H28N6O/c1-14-7-3-6-12-25(14)17-13-15(19(26)9-4-2-5-10-19)21-18(23-17)22-16-8-11-20-24-16/h8,11,13-14,26H,2-7,9-10,12H2,1H3,(H2,20,21,22,23,24)/t14-/m1/s1. The molecule has 0 unspecified atom stereocenters. The molecule has 0 amide bonds. The van der Waals surface area contributed by atoms with Crippen LogP contribution in [0.25, 0.3) is 0 Å². The van der Waals surface area contributed by atoms with E-state index in [1.807, 2.05) is 12.1 Å². The summed E-state index contributed by atoms with van der Waals surface area (Å²) >= 11 is 0. The number of nitrogens with one attached hydrogen (secondary N) is 2. The minimum Gasteiger partial charge on any atom is -0.384 e. The van der Waals surface area contributed by atoms with Crippen molar-refractivity contribution in [1.82, 2.24) is 20.2 Å². The van der Waals surface area contributed by atoms with Gasteiger partial charge in [0.15, 0.2) is 0 Å². The number of aromatic nitrogens is 4. The Kier molecular flexibility index (Phi) is 4.80. The summed E-state index contributed by atoms with van der Waals surface area (Å²) in [5, 5.41) is 21.3. The number of nitrogens with zero attached hydrogens (tertiary/aromatic N) is 4. The van der Waals surface area contributed by atoms with Crippen LogP contribution >= 0.6 is 0 Å². The third kappa shape index (κ3) is 3.53. The first-order valence-electron chi connectivity index (χ1n) is 9.79. The molecule has 2 aliphatic rings. The number of aliphatic hydroxyl groups is 1. The molecule has 1 saturated carbocycles. The highest BCUT2D eigenvalue weighted by atomic mass is 16.3. The fourth-order valence-corrected chi connectivity index (χ4v) is 4.15. The summed E-state index contributed by atoms with van der Waals surface area (Å²) < 4.78 is 0. The lowest BCUT2D eigenvalue weighted by atomic mass is 9.82. The van der Waals surface area contributed by atoms with Crippen molar-refractivity contribution < 1.29 is 5.11 Å². The Morgan fingerprint density at radius 1 is 1.19 bits per heavy atom.